The summed E-state index contributed by atoms with van der Waals surface area (Å²) in [6.07, 6.45) is 3.75. The number of hydrogen-bond acceptors (Lipinski definition) is 3. The van der Waals surface area contributed by atoms with Gasteiger partial charge in [-0.05, 0) is 44.0 Å². The molecule has 0 radical (unpaired) electrons. The molecule has 1 aliphatic heterocycles. The Balaban J connectivity index is 2.06. The van der Waals surface area contributed by atoms with Crippen LogP contribution >= 0.6 is 0 Å². The van der Waals surface area contributed by atoms with Gasteiger partial charge in [0.25, 0.3) is 10.1 Å². The summed E-state index contributed by atoms with van der Waals surface area (Å²) in [4.78, 5) is 2.37. The van der Waals surface area contributed by atoms with Gasteiger partial charge in [0.05, 0.1) is 4.90 Å². The van der Waals surface area contributed by atoms with Gasteiger partial charge in [0.2, 0.25) is 0 Å². The molecule has 4 nitrogen and oxygen atoms in total. The Hall–Kier alpha value is -0.910. The smallest absolute Gasteiger partial charge is 0.294 e. The summed E-state index contributed by atoms with van der Waals surface area (Å²) < 4.78 is 30.8. The molecule has 0 aromatic heterocycles. The van der Waals surface area contributed by atoms with Gasteiger partial charge in [-0.15, -0.1) is 0 Å². The van der Waals surface area contributed by atoms with Crippen LogP contribution in [0, 0.1) is 0 Å². The van der Waals surface area contributed by atoms with Gasteiger partial charge < -0.3 is 0 Å². The number of hydrogen-bond donors (Lipinski definition) is 1. The van der Waals surface area contributed by atoms with Crippen molar-refractivity contribution >= 4 is 10.1 Å². The second-order valence-corrected chi connectivity index (χ2v) is 6.36. The third kappa shape index (κ3) is 3.31. The number of rotatable bonds is 3. The summed E-state index contributed by atoms with van der Waals surface area (Å²) in [6, 6.07) is 7.04. The summed E-state index contributed by atoms with van der Waals surface area (Å²) in [7, 11) is -4.08. The van der Waals surface area contributed by atoms with Crippen LogP contribution in [0.4, 0.5) is 0 Å². The molecule has 1 N–H and O–H groups in total. The number of likely N-dealkylation sites (tertiary alicyclic amines) is 1. The van der Waals surface area contributed by atoms with Crippen molar-refractivity contribution < 1.29 is 13.0 Å². The van der Waals surface area contributed by atoms with E-state index in [-0.39, 0.29) is 4.90 Å². The molecule has 1 aromatic rings. The molecule has 1 aliphatic rings. The molecular formula is C13H19NO3S. The van der Waals surface area contributed by atoms with Gasteiger partial charge in [0.1, 0.15) is 0 Å². The Morgan fingerprint density at radius 1 is 1.28 bits per heavy atom. The molecule has 0 aliphatic carbocycles. The number of benzene rings is 1. The minimum Gasteiger partial charge on any atom is -0.296 e. The molecule has 5 heteroatoms. The topological polar surface area (TPSA) is 57.6 Å². The highest BCUT2D eigenvalue weighted by atomic mass is 32.2. The standard InChI is InChI=1S/C13H19NO3S/c1-11-4-2-3-9-14(11)10-12-5-7-13(8-6-12)18(15,16)17/h5-8,11H,2-4,9-10H2,1H3,(H,15,16,17)/t11-/m0/s1. The molecule has 1 atom stereocenters. The first-order valence-corrected chi connectivity index (χ1v) is 7.71. The van der Waals surface area contributed by atoms with Crippen molar-refractivity contribution in [1.29, 1.82) is 0 Å². The van der Waals surface area contributed by atoms with Gasteiger partial charge >= 0.3 is 0 Å². The first kappa shape index (κ1) is 13.5. The second-order valence-electron chi connectivity index (χ2n) is 4.93. The molecule has 0 unspecified atom stereocenters. The maximum absolute atomic E-state index is 10.9. The third-order valence-corrected chi connectivity index (χ3v) is 4.42. The van der Waals surface area contributed by atoms with Crippen molar-refractivity contribution in [3.63, 3.8) is 0 Å². The Kier molecular flexibility index (Phi) is 4.04. The largest absolute Gasteiger partial charge is 0.296 e. The molecule has 2 rings (SSSR count). The van der Waals surface area contributed by atoms with Crippen molar-refractivity contribution in [3.8, 4) is 0 Å². The third-order valence-electron chi connectivity index (χ3n) is 3.55. The Bertz CT molecular complexity index is 495. The molecule has 1 fully saturated rings. The summed E-state index contributed by atoms with van der Waals surface area (Å²) in [5.74, 6) is 0. The minimum atomic E-state index is -4.08. The van der Waals surface area contributed by atoms with Crippen LogP contribution in [0.3, 0.4) is 0 Å². The zero-order chi connectivity index (χ0) is 13.2. The minimum absolute atomic E-state index is 0.0436. The van der Waals surface area contributed by atoms with E-state index in [4.69, 9.17) is 4.55 Å². The van der Waals surface area contributed by atoms with Crippen LogP contribution in [-0.4, -0.2) is 30.5 Å². The summed E-state index contributed by atoms with van der Waals surface area (Å²) in [5.41, 5.74) is 1.08. The fourth-order valence-electron chi connectivity index (χ4n) is 2.39. The fraction of sp³-hybridized carbons (Fsp3) is 0.538. The molecule has 0 amide bonds. The fourth-order valence-corrected chi connectivity index (χ4v) is 2.87. The van der Waals surface area contributed by atoms with Crippen molar-refractivity contribution in [2.45, 2.75) is 43.7 Å². The van der Waals surface area contributed by atoms with E-state index < -0.39 is 10.1 Å². The SMILES string of the molecule is C[C@H]1CCCCN1Cc1ccc(S(=O)(=O)O)cc1. The van der Waals surface area contributed by atoms with Crippen LogP contribution in [0.5, 0.6) is 0 Å². The van der Waals surface area contributed by atoms with E-state index in [9.17, 15) is 8.42 Å². The van der Waals surface area contributed by atoms with Crippen molar-refractivity contribution in [2.75, 3.05) is 6.54 Å². The van der Waals surface area contributed by atoms with Crippen molar-refractivity contribution in [3.05, 3.63) is 29.8 Å². The molecule has 1 heterocycles. The monoisotopic (exact) mass is 269 g/mol. The van der Waals surface area contributed by atoms with Crippen LogP contribution in [-0.2, 0) is 16.7 Å². The van der Waals surface area contributed by atoms with Gasteiger partial charge in [-0.3, -0.25) is 9.45 Å². The lowest BCUT2D eigenvalue weighted by Gasteiger charge is -2.33. The maximum Gasteiger partial charge on any atom is 0.294 e. The van der Waals surface area contributed by atoms with E-state index >= 15 is 0 Å². The lowest BCUT2D eigenvalue weighted by molar-refractivity contribution is 0.152. The normalized spacial score (nSPS) is 22.0. The molecule has 0 spiro atoms. The second kappa shape index (κ2) is 5.38. The summed E-state index contributed by atoms with van der Waals surface area (Å²) in [5, 5.41) is 0. The average molecular weight is 269 g/mol. The molecule has 1 saturated heterocycles. The van der Waals surface area contributed by atoms with Crippen LogP contribution in [0.1, 0.15) is 31.7 Å². The van der Waals surface area contributed by atoms with E-state index in [1.165, 1.54) is 31.4 Å². The van der Waals surface area contributed by atoms with Crippen LogP contribution in [0.2, 0.25) is 0 Å². The van der Waals surface area contributed by atoms with E-state index in [1.54, 1.807) is 12.1 Å². The van der Waals surface area contributed by atoms with E-state index in [0.717, 1.165) is 18.7 Å². The molecule has 1 aromatic carbocycles. The molecule has 0 saturated carbocycles. The predicted molar refractivity (Wildman–Crippen MR) is 70.0 cm³/mol. The van der Waals surface area contributed by atoms with Gasteiger partial charge in [-0.2, -0.15) is 8.42 Å². The van der Waals surface area contributed by atoms with E-state index in [1.807, 2.05) is 0 Å². The Labute approximate surface area is 108 Å². The van der Waals surface area contributed by atoms with Crippen molar-refractivity contribution in [1.82, 2.24) is 4.90 Å². The Morgan fingerprint density at radius 2 is 1.94 bits per heavy atom. The lowest BCUT2D eigenvalue weighted by atomic mass is 10.0. The molecule has 100 valence electrons. The molecule has 18 heavy (non-hydrogen) atoms. The molecule has 0 bridgehead atoms. The maximum atomic E-state index is 10.9. The average Bonchev–Trinajstić information content (AvgIpc) is 2.32. The number of nitrogens with zero attached hydrogens (tertiary/aromatic N) is 1. The van der Waals surface area contributed by atoms with Crippen LogP contribution in [0.25, 0.3) is 0 Å². The van der Waals surface area contributed by atoms with Gasteiger partial charge in [0.15, 0.2) is 0 Å². The zero-order valence-electron chi connectivity index (χ0n) is 10.5. The van der Waals surface area contributed by atoms with Gasteiger partial charge in [-0.1, -0.05) is 18.6 Å². The van der Waals surface area contributed by atoms with E-state index in [0.29, 0.717) is 6.04 Å². The first-order valence-electron chi connectivity index (χ1n) is 6.27. The predicted octanol–water partition coefficient (Wildman–Crippen LogP) is 2.31. The summed E-state index contributed by atoms with van der Waals surface area (Å²) in [6.45, 7) is 4.17. The quantitative estimate of drug-likeness (QED) is 0.855. The van der Waals surface area contributed by atoms with E-state index in [2.05, 4.69) is 11.8 Å². The highest BCUT2D eigenvalue weighted by Crippen LogP contribution is 2.19. The van der Waals surface area contributed by atoms with Crippen molar-refractivity contribution in [2.24, 2.45) is 0 Å². The number of piperidine rings is 1. The highest BCUT2D eigenvalue weighted by Gasteiger charge is 2.18. The summed E-state index contributed by atoms with van der Waals surface area (Å²) >= 11 is 0. The van der Waals surface area contributed by atoms with Gasteiger partial charge in [0, 0.05) is 12.6 Å². The van der Waals surface area contributed by atoms with Gasteiger partial charge in [-0.25, -0.2) is 0 Å². The zero-order valence-corrected chi connectivity index (χ0v) is 11.4. The molecular weight excluding hydrogens is 250 g/mol. The van der Waals surface area contributed by atoms with Crippen LogP contribution < -0.4 is 0 Å². The first-order chi connectivity index (χ1) is 8.47. The van der Waals surface area contributed by atoms with Crippen LogP contribution in [0.15, 0.2) is 29.2 Å². The lowest BCUT2D eigenvalue weighted by Crippen LogP contribution is -2.36. The Morgan fingerprint density at radius 3 is 2.50 bits per heavy atom. The highest BCUT2D eigenvalue weighted by molar-refractivity contribution is 7.85.